The smallest absolute Gasteiger partial charge is 0.266 e. The fraction of sp³-hybridized carbons (Fsp3) is 0.381. The molecule has 1 amide bonds. The molecule has 1 saturated heterocycles. The van der Waals surface area contributed by atoms with Crippen LogP contribution in [0.25, 0.3) is 11.5 Å². The van der Waals surface area contributed by atoms with Crippen molar-refractivity contribution in [2.24, 2.45) is 0 Å². The number of piperazine rings is 1. The summed E-state index contributed by atoms with van der Waals surface area (Å²) in [6, 6.07) is 6.48. The van der Waals surface area contributed by atoms with Gasteiger partial charge in [-0.1, -0.05) is 17.3 Å². The van der Waals surface area contributed by atoms with Gasteiger partial charge in [0.25, 0.3) is 11.4 Å². The van der Waals surface area contributed by atoms with Gasteiger partial charge in [0.2, 0.25) is 5.91 Å². The van der Waals surface area contributed by atoms with Crippen LogP contribution in [0.3, 0.4) is 0 Å². The van der Waals surface area contributed by atoms with Crippen LogP contribution in [0.4, 0.5) is 4.39 Å². The van der Waals surface area contributed by atoms with E-state index in [1.54, 1.807) is 19.1 Å². The molecule has 0 unspecified atom stereocenters. The first-order valence-electron chi connectivity index (χ1n) is 10.1. The average molecular weight is 426 g/mol. The Labute approximate surface area is 178 Å². The lowest BCUT2D eigenvalue weighted by atomic mass is 10.2. The Kier molecular flexibility index (Phi) is 6.17. The second-order valence-electron chi connectivity index (χ2n) is 7.49. The van der Waals surface area contributed by atoms with Crippen LogP contribution in [0.15, 0.2) is 46.1 Å². The van der Waals surface area contributed by atoms with Gasteiger partial charge >= 0.3 is 0 Å². The lowest BCUT2D eigenvalue weighted by Crippen LogP contribution is -2.48. The molecule has 3 heterocycles. The summed E-state index contributed by atoms with van der Waals surface area (Å²) < 4.78 is 19.5. The van der Waals surface area contributed by atoms with E-state index in [2.05, 4.69) is 20.0 Å². The number of benzene rings is 1. The van der Waals surface area contributed by atoms with E-state index >= 15 is 0 Å². The zero-order valence-corrected chi connectivity index (χ0v) is 17.2. The maximum absolute atomic E-state index is 13.0. The molecule has 1 aliphatic rings. The average Bonchev–Trinajstić information content (AvgIpc) is 3.21. The molecule has 3 aromatic rings. The minimum absolute atomic E-state index is 0.00706. The summed E-state index contributed by atoms with van der Waals surface area (Å²) in [7, 11) is 0. The van der Waals surface area contributed by atoms with Gasteiger partial charge in [0, 0.05) is 51.9 Å². The molecular formula is C21H23FN6O3. The van der Waals surface area contributed by atoms with E-state index in [9.17, 15) is 14.0 Å². The third-order valence-corrected chi connectivity index (χ3v) is 5.27. The molecule has 0 bridgehead atoms. The third-order valence-electron chi connectivity index (χ3n) is 5.27. The van der Waals surface area contributed by atoms with Gasteiger partial charge < -0.3 is 9.42 Å². The summed E-state index contributed by atoms with van der Waals surface area (Å²) in [4.78, 5) is 37.4. The molecule has 0 atom stereocenters. The molecule has 1 aliphatic heterocycles. The van der Waals surface area contributed by atoms with Crippen molar-refractivity contribution in [3.8, 4) is 11.5 Å². The quantitative estimate of drug-likeness (QED) is 0.589. The van der Waals surface area contributed by atoms with Gasteiger partial charge in [-0.05, 0) is 24.6 Å². The molecule has 4 rings (SSSR count). The van der Waals surface area contributed by atoms with Crippen LogP contribution in [-0.4, -0.2) is 61.6 Å². The van der Waals surface area contributed by atoms with E-state index in [0.717, 1.165) is 25.2 Å². The molecule has 0 saturated carbocycles. The van der Waals surface area contributed by atoms with Gasteiger partial charge in [-0.15, -0.1) is 0 Å². The normalized spacial score (nSPS) is 14.7. The zero-order chi connectivity index (χ0) is 21.8. The number of hydrogen-bond acceptors (Lipinski definition) is 7. The molecule has 1 aromatic carbocycles. The van der Waals surface area contributed by atoms with Gasteiger partial charge in [0.1, 0.15) is 11.4 Å². The van der Waals surface area contributed by atoms with Gasteiger partial charge in [-0.25, -0.2) is 9.37 Å². The van der Waals surface area contributed by atoms with E-state index in [-0.39, 0.29) is 41.7 Å². The van der Waals surface area contributed by atoms with Gasteiger partial charge in [0.15, 0.2) is 5.82 Å². The van der Waals surface area contributed by atoms with Crippen LogP contribution in [0, 0.1) is 12.7 Å². The van der Waals surface area contributed by atoms with E-state index in [1.807, 2.05) is 4.90 Å². The summed E-state index contributed by atoms with van der Waals surface area (Å²) in [5.41, 5.74) is 0.935. The van der Waals surface area contributed by atoms with Crippen molar-refractivity contribution in [3.05, 3.63) is 64.3 Å². The number of carbonyl (C=O) groups excluding carboxylic acids is 1. The Morgan fingerprint density at radius 1 is 1.16 bits per heavy atom. The second kappa shape index (κ2) is 9.17. The van der Waals surface area contributed by atoms with Crippen LogP contribution in [0.1, 0.15) is 17.8 Å². The van der Waals surface area contributed by atoms with Gasteiger partial charge in [-0.2, -0.15) is 4.98 Å². The van der Waals surface area contributed by atoms with Crippen molar-refractivity contribution in [1.82, 2.24) is 29.5 Å². The standard InChI is InChI=1S/C21H23FN6O3/c1-15-24-20(31-25-15)18-12-23-14-28(21(18)30)7-6-19(29)27-10-8-26(9-11-27)13-16-2-4-17(22)5-3-16/h2-5,12,14H,6-11,13H2,1H3. The topological polar surface area (TPSA) is 97.4 Å². The SMILES string of the molecule is Cc1noc(-c2cncn(CCC(=O)N3CCN(Cc4ccc(F)cc4)CC3)c2=O)n1. The highest BCUT2D eigenvalue weighted by molar-refractivity contribution is 5.76. The highest BCUT2D eigenvalue weighted by Crippen LogP contribution is 2.12. The Bertz CT molecular complexity index is 1100. The molecule has 0 N–H and O–H groups in total. The minimum atomic E-state index is -0.324. The van der Waals surface area contributed by atoms with Crippen molar-refractivity contribution < 1.29 is 13.7 Å². The van der Waals surface area contributed by atoms with Crippen LogP contribution in [0.2, 0.25) is 0 Å². The Hall–Kier alpha value is -3.40. The summed E-state index contributed by atoms with van der Waals surface area (Å²) in [5, 5.41) is 3.69. The highest BCUT2D eigenvalue weighted by Gasteiger charge is 2.21. The first-order chi connectivity index (χ1) is 15.0. The molecule has 0 aliphatic carbocycles. The Morgan fingerprint density at radius 3 is 2.58 bits per heavy atom. The summed E-state index contributed by atoms with van der Waals surface area (Å²) in [6.07, 6.45) is 2.99. The molecule has 1 fully saturated rings. The van der Waals surface area contributed by atoms with Gasteiger partial charge in [-0.3, -0.25) is 19.1 Å². The second-order valence-corrected chi connectivity index (χ2v) is 7.49. The zero-order valence-electron chi connectivity index (χ0n) is 17.2. The van der Waals surface area contributed by atoms with Crippen molar-refractivity contribution >= 4 is 5.91 Å². The van der Waals surface area contributed by atoms with E-state index in [1.165, 1.54) is 29.2 Å². The lowest BCUT2D eigenvalue weighted by molar-refractivity contribution is -0.133. The highest BCUT2D eigenvalue weighted by atomic mass is 19.1. The molecule has 2 aromatic heterocycles. The molecule has 9 nitrogen and oxygen atoms in total. The fourth-order valence-corrected chi connectivity index (χ4v) is 3.54. The Morgan fingerprint density at radius 2 is 1.90 bits per heavy atom. The van der Waals surface area contributed by atoms with Crippen LogP contribution in [-0.2, 0) is 17.9 Å². The fourth-order valence-electron chi connectivity index (χ4n) is 3.54. The minimum Gasteiger partial charge on any atom is -0.340 e. The van der Waals surface area contributed by atoms with Crippen LogP contribution >= 0.6 is 0 Å². The lowest BCUT2D eigenvalue weighted by Gasteiger charge is -2.34. The van der Waals surface area contributed by atoms with Crippen LogP contribution < -0.4 is 5.56 Å². The number of halogens is 1. The van der Waals surface area contributed by atoms with E-state index in [0.29, 0.717) is 18.9 Å². The molecule has 162 valence electrons. The van der Waals surface area contributed by atoms with E-state index in [4.69, 9.17) is 4.52 Å². The van der Waals surface area contributed by atoms with E-state index < -0.39 is 0 Å². The molecule has 10 heteroatoms. The predicted octanol–water partition coefficient (Wildman–Crippen LogP) is 1.48. The molecule has 31 heavy (non-hydrogen) atoms. The summed E-state index contributed by atoms with van der Waals surface area (Å²) >= 11 is 0. The number of aromatic nitrogens is 4. The molecule has 0 spiro atoms. The summed E-state index contributed by atoms with van der Waals surface area (Å²) in [5.74, 6) is 0.296. The van der Waals surface area contributed by atoms with Crippen LogP contribution in [0.5, 0.6) is 0 Å². The largest absolute Gasteiger partial charge is 0.340 e. The third kappa shape index (κ3) is 5.02. The van der Waals surface area contributed by atoms with Crippen molar-refractivity contribution in [2.75, 3.05) is 26.2 Å². The van der Waals surface area contributed by atoms with Crippen molar-refractivity contribution in [1.29, 1.82) is 0 Å². The van der Waals surface area contributed by atoms with Crippen molar-refractivity contribution in [2.45, 2.75) is 26.4 Å². The number of carbonyl (C=O) groups is 1. The van der Waals surface area contributed by atoms with Gasteiger partial charge in [0.05, 0.1) is 6.33 Å². The number of rotatable bonds is 6. The number of hydrogen-bond donors (Lipinski definition) is 0. The summed E-state index contributed by atoms with van der Waals surface area (Å²) in [6.45, 7) is 5.35. The molecule has 0 radical (unpaired) electrons. The maximum atomic E-state index is 13.0. The number of aryl methyl sites for hydroxylation is 2. The first-order valence-corrected chi connectivity index (χ1v) is 10.1. The predicted molar refractivity (Wildman–Crippen MR) is 109 cm³/mol. The monoisotopic (exact) mass is 426 g/mol. The number of amides is 1. The first kappa shape index (κ1) is 20.9. The molecular weight excluding hydrogens is 403 g/mol. The maximum Gasteiger partial charge on any atom is 0.266 e. The van der Waals surface area contributed by atoms with Crippen molar-refractivity contribution in [3.63, 3.8) is 0 Å². The Balaban J connectivity index is 1.30. The number of nitrogens with zero attached hydrogens (tertiary/aromatic N) is 6.